The van der Waals surface area contributed by atoms with Crippen molar-refractivity contribution in [2.45, 2.75) is 49.6 Å². The molecule has 5 rings (SSSR count). The molecule has 0 heterocycles. The molecule has 2 atom stereocenters. The second-order valence-electron chi connectivity index (χ2n) is 7.21. The topological polar surface area (TPSA) is 38.0 Å². The fourth-order valence-corrected chi connectivity index (χ4v) is 5.33. The average Bonchev–Trinajstić information content (AvgIpc) is 2.28. The Hall–Kier alpha value is -1.09. The number of nitrogens with two attached hydrogens (primary N) is 1. The zero-order valence-electron chi connectivity index (χ0n) is 11.2. The first-order valence-electron chi connectivity index (χ1n) is 7.38. The summed E-state index contributed by atoms with van der Waals surface area (Å²) in [5.41, 5.74) is 7.26. The maximum atomic E-state index is 13.9. The lowest BCUT2D eigenvalue weighted by Crippen LogP contribution is -2.65. The molecule has 4 bridgehead atoms. The molecule has 4 saturated carbocycles. The van der Waals surface area contributed by atoms with Crippen molar-refractivity contribution in [3.63, 3.8) is 0 Å². The molecule has 4 aliphatic carbocycles. The SMILES string of the molecule is NC12CC3CC(C1)CC(Nc1ccccc1F)(C3)C2. The van der Waals surface area contributed by atoms with Crippen LogP contribution in [0.2, 0.25) is 0 Å². The number of anilines is 1. The van der Waals surface area contributed by atoms with Crippen LogP contribution in [0, 0.1) is 17.7 Å². The third-order valence-electron chi connectivity index (χ3n) is 5.38. The van der Waals surface area contributed by atoms with Gasteiger partial charge in [-0.1, -0.05) is 12.1 Å². The molecule has 1 aromatic carbocycles. The minimum Gasteiger partial charge on any atom is -0.377 e. The van der Waals surface area contributed by atoms with E-state index in [1.807, 2.05) is 12.1 Å². The standard InChI is InChI=1S/C16H21FN2/c17-13-3-1-2-4-14(13)19-16-8-11-5-12(9-16)7-15(18,6-11)10-16/h1-4,11-12,19H,5-10,18H2. The van der Waals surface area contributed by atoms with Gasteiger partial charge in [0, 0.05) is 11.1 Å². The molecule has 0 spiro atoms. The highest BCUT2D eigenvalue weighted by atomic mass is 19.1. The number of nitrogens with one attached hydrogen (secondary N) is 1. The number of para-hydroxylation sites is 1. The van der Waals surface area contributed by atoms with Crippen LogP contribution in [0.5, 0.6) is 0 Å². The second kappa shape index (κ2) is 3.72. The van der Waals surface area contributed by atoms with E-state index in [9.17, 15) is 4.39 Å². The summed E-state index contributed by atoms with van der Waals surface area (Å²) in [4.78, 5) is 0. The van der Waals surface area contributed by atoms with Gasteiger partial charge in [-0.25, -0.2) is 4.39 Å². The van der Waals surface area contributed by atoms with E-state index in [1.54, 1.807) is 6.07 Å². The summed E-state index contributed by atoms with van der Waals surface area (Å²) in [7, 11) is 0. The van der Waals surface area contributed by atoms with Gasteiger partial charge in [-0.3, -0.25) is 0 Å². The lowest BCUT2D eigenvalue weighted by Gasteiger charge is -2.61. The molecule has 0 aromatic heterocycles. The Kier molecular flexibility index (Phi) is 2.29. The van der Waals surface area contributed by atoms with Gasteiger partial charge in [0.25, 0.3) is 0 Å². The molecule has 3 heteroatoms. The predicted molar refractivity (Wildman–Crippen MR) is 74.4 cm³/mol. The van der Waals surface area contributed by atoms with Crippen LogP contribution in [0.25, 0.3) is 0 Å². The Bertz CT molecular complexity index is 499. The number of hydrogen-bond donors (Lipinski definition) is 2. The summed E-state index contributed by atoms with van der Waals surface area (Å²) in [6.45, 7) is 0. The Balaban J connectivity index is 1.66. The third kappa shape index (κ3) is 1.86. The van der Waals surface area contributed by atoms with E-state index in [0.29, 0.717) is 5.69 Å². The third-order valence-corrected chi connectivity index (χ3v) is 5.38. The van der Waals surface area contributed by atoms with Crippen molar-refractivity contribution in [1.29, 1.82) is 0 Å². The number of halogens is 1. The van der Waals surface area contributed by atoms with Crippen molar-refractivity contribution in [2.24, 2.45) is 17.6 Å². The zero-order valence-corrected chi connectivity index (χ0v) is 11.2. The first-order chi connectivity index (χ1) is 9.06. The molecule has 2 unspecified atom stereocenters. The molecule has 0 saturated heterocycles. The van der Waals surface area contributed by atoms with E-state index in [0.717, 1.165) is 31.1 Å². The monoisotopic (exact) mass is 260 g/mol. The first kappa shape index (κ1) is 11.7. The van der Waals surface area contributed by atoms with Gasteiger partial charge >= 0.3 is 0 Å². The van der Waals surface area contributed by atoms with Crippen LogP contribution in [-0.2, 0) is 0 Å². The van der Waals surface area contributed by atoms with Crippen molar-refractivity contribution in [3.8, 4) is 0 Å². The van der Waals surface area contributed by atoms with Gasteiger partial charge in [0.2, 0.25) is 0 Å². The van der Waals surface area contributed by atoms with Gasteiger partial charge < -0.3 is 11.1 Å². The minimum atomic E-state index is -0.149. The van der Waals surface area contributed by atoms with Crippen molar-refractivity contribution >= 4 is 5.69 Å². The Morgan fingerprint density at radius 1 is 1.11 bits per heavy atom. The molecule has 2 nitrogen and oxygen atoms in total. The molecule has 3 N–H and O–H groups in total. The van der Waals surface area contributed by atoms with Gasteiger partial charge in [0.1, 0.15) is 5.82 Å². The van der Waals surface area contributed by atoms with E-state index in [2.05, 4.69) is 5.32 Å². The summed E-state index contributed by atoms with van der Waals surface area (Å²) >= 11 is 0. The summed E-state index contributed by atoms with van der Waals surface area (Å²) in [6, 6.07) is 7.01. The predicted octanol–water partition coefficient (Wildman–Crippen LogP) is 3.29. The molecule has 0 aliphatic heterocycles. The van der Waals surface area contributed by atoms with Gasteiger partial charge in [-0.05, 0) is 62.5 Å². The lowest BCUT2D eigenvalue weighted by molar-refractivity contribution is -0.00789. The van der Waals surface area contributed by atoms with Gasteiger partial charge in [-0.2, -0.15) is 0 Å². The Morgan fingerprint density at radius 3 is 2.42 bits per heavy atom. The number of rotatable bonds is 2. The molecular formula is C16H21FN2. The summed E-state index contributed by atoms with van der Waals surface area (Å²) in [5.74, 6) is 1.33. The van der Waals surface area contributed by atoms with Crippen LogP contribution in [0.1, 0.15) is 38.5 Å². The molecule has 1 aromatic rings. The first-order valence-corrected chi connectivity index (χ1v) is 7.38. The van der Waals surface area contributed by atoms with Crippen LogP contribution in [0.4, 0.5) is 10.1 Å². The number of benzene rings is 1. The quantitative estimate of drug-likeness (QED) is 0.856. The molecule has 19 heavy (non-hydrogen) atoms. The van der Waals surface area contributed by atoms with Gasteiger partial charge in [-0.15, -0.1) is 0 Å². The largest absolute Gasteiger partial charge is 0.377 e. The van der Waals surface area contributed by atoms with Crippen LogP contribution < -0.4 is 11.1 Å². The fraction of sp³-hybridized carbons (Fsp3) is 0.625. The lowest BCUT2D eigenvalue weighted by atomic mass is 9.50. The van der Waals surface area contributed by atoms with Crippen LogP contribution in [-0.4, -0.2) is 11.1 Å². The fourth-order valence-electron chi connectivity index (χ4n) is 5.33. The van der Waals surface area contributed by atoms with Crippen LogP contribution in [0.15, 0.2) is 24.3 Å². The molecule has 4 fully saturated rings. The Labute approximate surface area is 113 Å². The van der Waals surface area contributed by atoms with Crippen molar-refractivity contribution in [2.75, 3.05) is 5.32 Å². The Morgan fingerprint density at radius 2 is 1.79 bits per heavy atom. The van der Waals surface area contributed by atoms with Crippen LogP contribution >= 0.6 is 0 Å². The van der Waals surface area contributed by atoms with E-state index in [1.165, 1.54) is 25.3 Å². The van der Waals surface area contributed by atoms with Crippen molar-refractivity contribution < 1.29 is 4.39 Å². The molecular weight excluding hydrogens is 239 g/mol. The molecule has 4 aliphatic rings. The maximum absolute atomic E-state index is 13.9. The molecule has 0 amide bonds. The van der Waals surface area contributed by atoms with E-state index >= 15 is 0 Å². The smallest absolute Gasteiger partial charge is 0.146 e. The maximum Gasteiger partial charge on any atom is 0.146 e. The summed E-state index contributed by atoms with van der Waals surface area (Å²) in [5, 5.41) is 3.53. The van der Waals surface area contributed by atoms with Crippen LogP contribution in [0.3, 0.4) is 0 Å². The highest BCUT2D eigenvalue weighted by Gasteiger charge is 2.56. The van der Waals surface area contributed by atoms with E-state index in [4.69, 9.17) is 5.73 Å². The zero-order chi connectivity index (χ0) is 13.1. The van der Waals surface area contributed by atoms with Gasteiger partial charge in [0.05, 0.1) is 5.69 Å². The van der Waals surface area contributed by atoms with E-state index < -0.39 is 0 Å². The second-order valence-corrected chi connectivity index (χ2v) is 7.21. The normalized spacial score (nSPS) is 43.5. The average molecular weight is 260 g/mol. The molecule has 0 radical (unpaired) electrons. The minimum absolute atomic E-state index is 0.00232. The highest BCUT2D eigenvalue weighted by molar-refractivity contribution is 5.48. The summed E-state index contributed by atoms with van der Waals surface area (Å²) in [6.07, 6.45) is 7.00. The number of hydrogen-bond acceptors (Lipinski definition) is 2. The van der Waals surface area contributed by atoms with Crippen molar-refractivity contribution in [1.82, 2.24) is 0 Å². The highest BCUT2D eigenvalue weighted by Crippen LogP contribution is 2.57. The van der Waals surface area contributed by atoms with E-state index in [-0.39, 0.29) is 16.9 Å². The summed E-state index contributed by atoms with van der Waals surface area (Å²) < 4.78 is 13.9. The van der Waals surface area contributed by atoms with Gasteiger partial charge in [0.15, 0.2) is 0 Å². The molecule has 102 valence electrons. The van der Waals surface area contributed by atoms with Crippen molar-refractivity contribution in [3.05, 3.63) is 30.1 Å².